The lowest BCUT2D eigenvalue weighted by Gasteiger charge is -2.24. The Hall–Kier alpha value is -3.80. The third-order valence-electron chi connectivity index (χ3n) is 5.93. The second-order valence-corrected chi connectivity index (χ2v) is 8.08. The van der Waals surface area contributed by atoms with Crippen LogP contribution in [0.1, 0.15) is 15.9 Å². The van der Waals surface area contributed by atoms with Gasteiger partial charge in [-0.2, -0.15) is 0 Å². The van der Waals surface area contributed by atoms with E-state index < -0.39 is 0 Å². The van der Waals surface area contributed by atoms with Crippen molar-refractivity contribution in [3.63, 3.8) is 0 Å². The number of rotatable bonds is 6. The molecule has 170 valence electrons. The van der Waals surface area contributed by atoms with Gasteiger partial charge in [0.05, 0.1) is 25.7 Å². The standard InChI is InChI=1S/C27H28N2O4/c1-32-23-11-12-25(33-2)24(17-23)27(31)29-14-13-28-26(30)22(18-29)16-19-7-6-10-21(15-19)20-8-4-3-5-9-20/h3-12,15,17,22H,13-14,16,18H2,1-2H3,(H,28,30)/t22-/m0/s1. The molecule has 0 aliphatic carbocycles. The maximum absolute atomic E-state index is 13.4. The van der Waals surface area contributed by atoms with Crippen molar-refractivity contribution in [3.05, 3.63) is 83.9 Å². The summed E-state index contributed by atoms with van der Waals surface area (Å²) in [5.74, 6) is 0.506. The zero-order valence-electron chi connectivity index (χ0n) is 18.9. The van der Waals surface area contributed by atoms with Gasteiger partial charge in [-0.25, -0.2) is 0 Å². The largest absolute Gasteiger partial charge is 0.497 e. The summed E-state index contributed by atoms with van der Waals surface area (Å²) in [7, 11) is 3.10. The van der Waals surface area contributed by atoms with Gasteiger partial charge in [-0.05, 0) is 41.3 Å². The zero-order valence-corrected chi connectivity index (χ0v) is 18.9. The monoisotopic (exact) mass is 444 g/mol. The average Bonchev–Trinajstić information content (AvgIpc) is 3.05. The fourth-order valence-electron chi connectivity index (χ4n) is 4.18. The Morgan fingerprint density at radius 3 is 2.52 bits per heavy atom. The molecule has 1 aliphatic rings. The molecule has 2 amide bonds. The second kappa shape index (κ2) is 10.2. The molecule has 1 aliphatic heterocycles. The number of nitrogens with one attached hydrogen (secondary N) is 1. The van der Waals surface area contributed by atoms with Crippen molar-refractivity contribution in [3.8, 4) is 22.6 Å². The lowest BCUT2D eigenvalue weighted by atomic mass is 9.95. The molecule has 4 rings (SSSR count). The third kappa shape index (κ3) is 5.17. The Morgan fingerprint density at radius 1 is 0.970 bits per heavy atom. The summed E-state index contributed by atoms with van der Waals surface area (Å²) in [5, 5.41) is 2.96. The molecule has 3 aromatic rings. The lowest BCUT2D eigenvalue weighted by molar-refractivity contribution is -0.124. The van der Waals surface area contributed by atoms with E-state index in [0.717, 1.165) is 16.7 Å². The molecule has 1 heterocycles. The summed E-state index contributed by atoms with van der Waals surface area (Å²) >= 11 is 0. The molecule has 0 spiro atoms. The number of nitrogens with zero attached hydrogens (tertiary/aromatic N) is 1. The highest BCUT2D eigenvalue weighted by Gasteiger charge is 2.29. The van der Waals surface area contributed by atoms with Gasteiger partial charge in [0, 0.05) is 19.6 Å². The highest BCUT2D eigenvalue weighted by molar-refractivity contribution is 5.98. The van der Waals surface area contributed by atoms with Crippen molar-refractivity contribution in [1.82, 2.24) is 10.2 Å². The molecule has 1 fully saturated rings. The van der Waals surface area contributed by atoms with E-state index in [2.05, 4.69) is 29.6 Å². The molecule has 1 atom stereocenters. The van der Waals surface area contributed by atoms with Crippen molar-refractivity contribution < 1.29 is 19.1 Å². The van der Waals surface area contributed by atoms with E-state index >= 15 is 0 Å². The van der Waals surface area contributed by atoms with Gasteiger partial charge in [-0.15, -0.1) is 0 Å². The van der Waals surface area contributed by atoms with Gasteiger partial charge in [-0.3, -0.25) is 9.59 Å². The summed E-state index contributed by atoms with van der Waals surface area (Å²) in [6, 6.07) is 23.5. The van der Waals surface area contributed by atoms with Gasteiger partial charge in [0.25, 0.3) is 5.91 Å². The molecule has 3 aromatic carbocycles. The molecule has 1 N–H and O–H groups in total. The summed E-state index contributed by atoms with van der Waals surface area (Å²) in [6.45, 7) is 1.18. The summed E-state index contributed by atoms with van der Waals surface area (Å²) in [6.07, 6.45) is 0.547. The molecule has 0 saturated carbocycles. The van der Waals surface area contributed by atoms with E-state index in [1.165, 1.54) is 7.11 Å². The summed E-state index contributed by atoms with van der Waals surface area (Å²) in [4.78, 5) is 27.9. The van der Waals surface area contributed by atoms with Gasteiger partial charge in [0.15, 0.2) is 0 Å². The van der Waals surface area contributed by atoms with E-state index in [9.17, 15) is 9.59 Å². The van der Waals surface area contributed by atoms with Crippen LogP contribution in [0.4, 0.5) is 0 Å². The molecule has 0 unspecified atom stereocenters. The van der Waals surface area contributed by atoms with Crippen molar-refractivity contribution in [2.24, 2.45) is 5.92 Å². The first-order valence-electron chi connectivity index (χ1n) is 11.0. The van der Waals surface area contributed by atoms with Crippen LogP contribution in [0.15, 0.2) is 72.8 Å². The molecular formula is C27H28N2O4. The Bertz CT molecular complexity index is 1130. The predicted octanol–water partition coefficient (Wildman–Crippen LogP) is 3.80. The summed E-state index contributed by atoms with van der Waals surface area (Å²) < 4.78 is 10.7. The molecule has 6 nitrogen and oxygen atoms in total. The molecule has 33 heavy (non-hydrogen) atoms. The zero-order chi connectivity index (χ0) is 23.2. The second-order valence-electron chi connectivity index (χ2n) is 8.08. The number of hydrogen-bond acceptors (Lipinski definition) is 4. The van der Waals surface area contributed by atoms with Crippen LogP contribution in [-0.2, 0) is 11.2 Å². The van der Waals surface area contributed by atoms with Gasteiger partial charge in [0.2, 0.25) is 5.91 Å². The molecule has 1 saturated heterocycles. The predicted molar refractivity (Wildman–Crippen MR) is 128 cm³/mol. The normalized spacial score (nSPS) is 16.0. The van der Waals surface area contributed by atoms with Gasteiger partial charge in [0.1, 0.15) is 11.5 Å². The number of hydrogen-bond donors (Lipinski definition) is 1. The van der Waals surface area contributed by atoms with Crippen LogP contribution in [0.3, 0.4) is 0 Å². The number of amides is 2. The third-order valence-corrected chi connectivity index (χ3v) is 5.93. The van der Waals surface area contributed by atoms with Crippen LogP contribution in [-0.4, -0.2) is 50.6 Å². The minimum Gasteiger partial charge on any atom is -0.497 e. The first kappa shape index (κ1) is 22.4. The number of methoxy groups -OCH3 is 2. The Balaban J connectivity index is 1.56. The highest BCUT2D eigenvalue weighted by Crippen LogP contribution is 2.27. The first-order chi connectivity index (χ1) is 16.1. The highest BCUT2D eigenvalue weighted by atomic mass is 16.5. The van der Waals surface area contributed by atoms with Crippen molar-refractivity contribution in [2.45, 2.75) is 6.42 Å². The molecular weight excluding hydrogens is 416 g/mol. The van der Waals surface area contributed by atoms with Gasteiger partial charge in [-0.1, -0.05) is 54.6 Å². The number of carbonyl (C=O) groups excluding carboxylic acids is 2. The lowest BCUT2D eigenvalue weighted by Crippen LogP contribution is -2.37. The Kier molecular flexibility index (Phi) is 6.93. The molecule has 0 aromatic heterocycles. The molecule has 0 radical (unpaired) electrons. The van der Waals surface area contributed by atoms with E-state index in [-0.39, 0.29) is 17.7 Å². The van der Waals surface area contributed by atoms with E-state index in [4.69, 9.17) is 9.47 Å². The summed E-state index contributed by atoms with van der Waals surface area (Å²) in [5.41, 5.74) is 3.73. The van der Waals surface area contributed by atoms with Crippen molar-refractivity contribution in [2.75, 3.05) is 33.9 Å². The van der Waals surface area contributed by atoms with Crippen LogP contribution < -0.4 is 14.8 Å². The van der Waals surface area contributed by atoms with Crippen LogP contribution in [0, 0.1) is 5.92 Å². The fourth-order valence-corrected chi connectivity index (χ4v) is 4.18. The maximum Gasteiger partial charge on any atom is 0.257 e. The number of carbonyl (C=O) groups is 2. The Morgan fingerprint density at radius 2 is 1.76 bits per heavy atom. The van der Waals surface area contributed by atoms with Gasteiger partial charge >= 0.3 is 0 Å². The first-order valence-corrected chi connectivity index (χ1v) is 11.0. The average molecular weight is 445 g/mol. The van der Waals surface area contributed by atoms with E-state index in [1.54, 1.807) is 30.2 Å². The topological polar surface area (TPSA) is 67.9 Å². The van der Waals surface area contributed by atoms with Crippen LogP contribution in [0.5, 0.6) is 11.5 Å². The van der Waals surface area contributed by atoms with Crippen LogP contribution in [0.25, 0.3) is 11.1 Å². The SMILES string of the molecule is COc1ccc(OC)c(C(=O)N2CCNC(=O)[C@@H](Cc3cccc(-c4ccccc4)c3)C2)c1. The minimum atomic E-state index is -0.348. The number of ether oxygens (including phenoxy) is 2. The van der Waals surface area contributed by atoms with Crippen molar-refractivity contribution in [1.29, 1.82) is 0 Å². The fraction of sp³-hybridized carbons (Fsp3) is 0.259. The molecule has 6 heteroatoms. The quantitative estimate of drug-likeness (QED) is 0.628. The van der Waals surface area contributed by atoms with Crippen LogP contribution >= 0.6 is 0 Å². The number of benzene rings is 3. The van der Waals surface area contributed by atoms with E-state index in [0.29, 0.717) is 43.1 Å². The minimum absolute atomic E-state index is 0.0342. The maximum atomic E-state index is 13.4. The van der Waals surface area contributed by atoms with Crippen LogP contribution in [0.2, 0.25) is 0 Å². The van der Waals surface area contributed by atoms with Gasteiger partial charge < -0.3 is 19.7 Å². The Labute approximate surface area is 194 Å². The van der Waals surface area contributed by atoms with E-state index in [1.807, 2.05) is 30.3 Å². The van der Waals surface area contributed by atoms with Crippen molar-refractivity contribution >= 4 is 11.8 Å². The molecule has 0 bridgehead atoms. The smallest absolute Gasteiger partial charge is 0.257 e.